The molecule has 6 nitrogen and oxygen atoms in total. The van der Waals surface area contributed by atoms with Gasteiger partial charge in [-0.3, -0.25) is 4.72 Å². The third-order valence-electron chi connectivity index (χ3n) is 4.10. The monoisotopic (exact) mass is 340 g/mol. The van der Waals surface area contributed by atoms with Gasteiger partial charge in [-0.25, -0.2) is 4.98 Å². The first kappa shape index (κ1) is 14.8. The summed E-state index contributed by atoms with van der Waals surface area (Å²) in [4.78, 5) is 6.37. The van der Waals surface area contributed by atoms with Crippen molar-refractivity contribution in [3.63, 3.8) is 0 Å². The number of H-pyrrole nitrogens is 1. The van der Waals surface area contributed by atoms with Crippen LogP contribution >= 0.6 is 0 Å². The smallest absolute Gasteiger partial charge is 0.278 e. The first-order chi connectivity index (χ1) is 11.6. The number of aromatic amines is 1. The molecular formula is C17H16N4O2S. The Labute approximate surface area is 139 Å². The number of sulfonamides is 1. The van der Waals surface area contributed by atoms with Crippen LogP contribution in [0.2, 0.25) is 0 Å². The summed E-state index contributed by atoms with van der Waals surface area (Å²) < 4.78 is 29.5. The highest BCUT2D eigenvalue weighted by Gasteiger charge is 2.17. The summed E-state index contributed by atoms with van der Waals surface area (Å²) in [7, 11) is -3.67. The second-order valence-electron chi connectivity index (χ2n) is 5.51. The van der Waals surface area contributed by atoms with Crippen LogP contribution in [0.15, 0.2) is 60.0 Å². The average molecular weight is 340 g/mol. The van der Waals surface area contributed by atoms with Crippen molar-refractivity contribution in [1.82, 2.24) is 14.5 Å². The zero-order valence-corrected chi connectivity index (χ0v) is 13.8. The van der Waals surface area contributed by atoms with E-state index in [0.717, 1.165) is 28.4 Å². The molecule has 122 valence electrons. The minimum absolute atomic E-state index is 0.0404. The molecule has 4 aromatic rings. The molecule has 0 atom stereocenters. The normalized spacial score (nSPS) is 12.0. The maximum absolute atomic E-state index is 12.3. The molecule has 0 radical (unpaired) electrons. The molecule has 2 heterocycles. The highest BCUT2D eigenvalue weighted by Crippen LogP contribution is 2.31. The third kappa shape index (κ3) is 2.25. The molecule has 0 amide bonds. The van der Waals surface area contributed by atoms with Gasteiger partial charge in [0.05, 0.1) is 12.5 Å². The van der Waals surface area contributed by atoms with Crippen molar-refractivity contribution in [3.8, 4) is 0 Å². The maximum Gasteiger partial charge on any atom is 0.278 e. The number of fused-ring (bicyclic) bond motifs is 3. The molecular weight excluding hydrogens is 324 g/mol. The summed E-state index contributed by atoms with van der Waals surface area (Å²) in [5.74, 6) is 0. The van der Waals surface area contributed by atoms with Gasteiger partial charge >= 0.3 is 0 Å². The predicted molar refractivity (Wildman–Crippen MR) is 94.5 cm³/mol. The van der Waals surface area contributed by atoms with Crippen molar-refractivity contribution < 1.29 is 8.42 Å². The Hall–Kier alpha value is -2.80. The molecule has 0 fully saturated rings. The van der Waals surface area contributed by atoms with E-state index in [1.807, 2.05) is 24.3 Å². The molecule has 2 aromatic carbocycles. The summed E-state index contributed by atoms with van der Waals surface area (Å²) in [6, 6.07) is 13.7. The largest absolute Gasteiger partial charge is 0.341 e. The van der Waals surface area contributed by atoms with E-state index in [1.165, 1.54) is 12.5 Å². The second kappa shape index (κ2) is 5.38. The van der Waals surface area contributed by atoms with Gasteiger partial charge in [0.1, 0.15) is 0 Å². The average Bonchev–Trinajstić information content (AvgIpc) is 3.21. The Morgan fingerprint density at radius 3 is 2.67 bits per heavy atom. The summed E-state index contributed by atoms with van der Waals surface area (Å²) >= 11 is 0. The number of anilines is 1. The van der Waals surface area contributed by atoms with Crippen molar-refractivity contribution in [2.75, 3.05) is 4.72 Å². The molecule has 2 N–H and O–H groups in total. The van der Waals surface area contributed by atoms with Gasteiger partial charge in [0.2, 0.25) is 0 Å². The fourth-order valence-corrected chi connectivity index (χ4v) is 4.01. The fourth-order valence-electron chi connectivity index (χ4n) is 3.06. The van der Waals surface area contributed by atoms with Crippen LogP contribution in [-0.4, -0.2) is 23.0 Å². The van der Waals surface area contributed by atoms with E-state index in [9.17, 15) is 8.42 Å². The maximum atomic E-state index is 12.3. The van der Waals surface area contributed by atoms with Crippen molar-refractivity contribution in [3.05, 3.63) is 55.0 Å². The van der Waals surface area contributed by atoms with Gasteiger partial charge in [-0.05, 0) is 31.2 Å². The van der Waals surface area contributed by atoms with Crippen molar-refractivity contribution in [2.24, 2.45) is 0 Å². The lowest BCUT2D eigenvalue weighted by Crippen LogP contribution is -2.13. The number of para-hydroxylation sites is 1. The lowest BCUT2D eigenvalue weighted by molar-refractivity contribution is 0.598. The molecule has 7 heteroatoms. The third-order valence-corrected chi connectivity index (χ3v) is 5.41. The summed E-state index contributed by atoms with van der Waals surface area (Å²) in [5, 5.41) is 2.17. The van der Waals surface area contributed by atoms with Crippen molar-refractivity contribution in [2.45, 2.75) is 18.5 Å². The van der Waals surface area contributed by atoms with Gasteiger partial charge < -0.3 is 9.55 Å². The number of aromatic nitrogens is 3. The van der Waals surface area contributed by atoms with E-state index < -0.39 is 10.0 Å². The SMILES string of the molecule is CCn1c2ccccc2c2cc(NS(=O)(=O)c3cnc[nH]3)ccc21. The number of benzene rings is 2. The fraction of sp³-hybridized carbons (Fsp3) is 0.118. The van der Waals surface area contributed by atoms with Crippen LogP contribution < -0.4 is 4.72 Å². The Morgan fingerprint density at radius 1 is 1.12 bits per heavy atom. The second-order valence-corrected chi connectivity index (χ2v) is 7.17. The lowest BCUT2D eigenvalue weighted by Gasteiger charge is -2.07. The molecule has 2 aromatic heterocycles. The van der Waals surface area contributed by atoms with Crippen molar-refractivity contribution in [1.29, 1.82) is 0 Å². The van der Waals surface area contributed by atoms with E-state index in [2.05, 4.69) is 38.3 Å². The molecule has 0 bridgehead atoms. The van der Waals surface area contributed by atoms with Crippen LogP contribution in [-0.2, 0) is 16.6 Å². The number of rotatable bonds is 4. The van der Waals surface area contributed by atoms with Crippen LogP contribution in [0.25, 0.3) is 21.8 Å². The Bertz CT molecular complexity index is 1130. The van der Waals surface area contributed by atoms with Gasteiger partial charge in [0, 0.05) is 34.0 Å². The van der Waals surface area contributed by atoms with Crippen LogP contribution in [0.4, 0.5) is 5.69 Å². The Kier molecular flexibility index (Phi) is 3.31. The topological polar surface area (TPSA) is 79.8 Å². The Morgan fingerprint density at radius 2 is 1.92 bits per heavy atom. The van der Waals surface area contributed by atoms with E-state index >= 15 is 0 Å². The van der Waals surface area contributed by atoms with Crippen LogP contribution in [0.1, 0.15) is 6.92 Å². The van der Waals surface area contributed by atoms with Crippen LogP contribution in [0, 0.1) is 0 Å². The molecule has 24 heavy (non-hydrogen) atoms. The van der Waals surface area contributed by atoms with E-state index in [4.69, 9.17) is 0 Å². The standard InChI is InChI=1S/C17H16N4O2S/c1-2-21-15-6-4-3-5-13(15)14-9-12(7-8-16(14)21)20-24(22,23)17-10-18-11-19-17/h3-11,20H,2H2,1H3,(H,18,19). The lowest BCUT2D eigenvalue weighted by atomic mass is 10.1. The van der Waals surface area contributed by atoms with Gasteiger partial charge in [-0.15, -0.1) is 0 Å². The number of hydrogen-bond donors (Lipinski definition) is 2. The van der Waals surface area contributed by atoms with Gasteiger partial charge in [0.15, 0.2) is 5.03 Å². The molecule has 0 saturated heterocycles. The number of nitrogens with one attached hydrogen (secondary N) is 2. The minimum atomic E-state index is -3.67. The summed E-state index contributed by atoms with van der Waals surface area (Å²) in [5.41, 5.74) is 2.75. The molecule has 0 unspecified atom stereocenters. The van der Waals surface area contributed by atoms with Gasteiger partial charge in [-0.2, -0.15) is 8.42 Å². The van der Waals surface area contributed by atoms with Crippen LogP contribution in [0.3, 0.4) is 0 Å². The molecule has 0 aliphatic rings. The van der Waals surface area contributed by atoms with Gasteiger partial charge in [-0.1, -0.05) is 18.2 Å². The molecule has 0 aliphatic heterocycles. The quantitative estimate of drug-likeness (QED) is 0.598. The highest BCUT2D eigenvalue weighted by atomic mass is 32.2. The molecule has 0 spiro atoms. The molecule has 0 aliphatic carbocycles. The van der Waals surface area contributed by atoms with Gasteiger partial charge in [0.25, 0.3) is 10.0 Å². The minimum Gasteiger partial charge on any atom is -0.341 e. The van der Waals surface area contributed by atoms with Crippen LogP contribution in [0.5, 0.6) is 0 Å². The molecule has 4 rings (SSSR count). The zero-order chi connectivity index (χ0) is 16.7. The number of hydrogen-bond acceptors (Lipinski definition) is 3. The highest BCUT2D eigenvalue weighted by molar-refractivity contribution is 7.92. The number of nitrogens with zero attached hydrogens (tertiary/aromatic N) is 2. The first-order valence-corrected chi connectivity index (χ1v) is 9.10. The van der Waals surface area contributed by atoms with E-state index in [0.29, 0.717) is 5.69 Å². The van der Waals surface area contributed by atoms with E-state index in [1.54, 1.807) is 6.07 Å². The summed E-state index contributed by atoms with van der Waals surface area (Å²) in [6.07, 6.45) is 2.62. The Balaban J connectivity index is 1.86. The van der Waals surface area contributed by atoms with Crippen molar-refractivity contribution >= 4 is 37.5 Å². The number of imidazole rings is 1. The predicted octanol–water partition coefficient (Wildman–Crippen LogP) is 3.34. The summed E-state index contributed by atoms with van der Waals surface area (Å²) in [6.45, 7) is 2.95. The number of aryl methyl sites for hydroxylation is 1. The first-order valence-electron chi connectivity index (χ1n) is 7.62. The zero-order valence-electron chi connectivity index (χ0n) is 13.0. The molecule has 0 saturated carbocycles. The van der Waals surface area contributed by atoms with E-state index in [-0.39, 0.29) is 5.03 Å².